The second-order valence-corrected chi connectivity index (χ2v) is 3.87. The lowest BCUT2D eigenvalue weighted by Gasteiger charge is -2.12. The highest BCUT2D eigenvalue weighted by Gasteiger charge is 2.10. The van der Waals surface area contributed by atoms with E-state index in [9.17, 15) is 9.50 Å². The Hall–Kier alpha value is -1.81. The van der Waals surface area contributed by atoms with Crippen LogP contribution in [0.1, 0.15) is 24.3 Å². The van der Waals surface area contributed by atoms with Crippen LogP contribution in [0.25, 0.3) is 0 Å². The van der Waals surface area contributed by atoms with E-state index < -0.39 is 5.82 Å². The van der Waals surface area contributed by atoms with E-state index in [4.69, 9.17) is 4.42 Å². The van der Waals surface area contributed by atoms with E-state index >= 15 is 0 Å². The highest BCUT2D eigenvalue weighted by Crippen LogP contribution is 2.21. The lowest BCUT2D eigenvalue weighted by Crippen LogP contribution is -2.17. The molecule has 0 aliphatic carbocycles. The summed E-state index contributed by atoms with van der Waals surface area (Å²) in [5, 5.41) is 12.7. The van der Waals surface area contributed by atoms with Crippen LogP contribution in [-0.2, 0) is 6.54 Å². The monoisotopic (exact) mass is 235 g/mol. The Bertz CT molecular complexity index is 482. The molecule has 1 unspecified atom stereocenters. The standard InChI is InChI=1S/C13H14FNO2/c1-9(12-6-3-7-17-12)15-8-10-4-2-5-11(14)13(10)16/h2-7,9,15-16H,8H2,1H3. The molecule has 0 radical (unpaired) electrons. The van der Waals surface area contributed by atoms with Gasteiger partial charge in [-0.15, -0.1) is 0 Å². The summed E-state index contributed by atoms with van der Waals surface area (Å²) >= 11 is 0. The van der Waals surface area contributed by atoms with E-state index in [1.807, 2.05) is 19.1 Å². The van der Waals surface area contributed by atoms with Crippen LogP contribution >= 0.6 is 0 Å². The van der Waals surface area contributed by atoms with Crippen molar-refractivity contribution in [2.45, 2.75) is 19.5 Å². The molecule has 0 aliphatic rings. The summed E-state index contributed by atoms with van der Waals surface area (Å²) < 4.78 is 18.3. The molecule has 1 aromatic carbocycles. The number of hydrogen-bond acceptors (Lipinski definition) is 3. The summed E-state index contributed by atoms with van der Waals surface area (Å²) in [6, 6.07) is 8.17. The maximum atomic E-state index is 13.1. The maximum Gasteiger partial charge on any atom is 0.165 e. The molecule has 0 fully saturated rings. The van der Waals surface area contributed by atoms with Crippen molar-refractivity contribution in [1.82, 2.24) is 5.32 Å². The van der Waals surface area contributed by atoms with Crippen LogP contribution in [0.4, 0.5) is 4.39 Å². The molecule has 0 saturated heterocycles. The lowest BCUT2D eigenvalue weighted by molar-refractivity contribution is 0.408. The number of rotatable bonds is 4. The SMILES string of the molecule is CC(NCc1cccc(F)c1O)c1ccco1. The number of furan rings is 1. The van der Waals surface area contributed by atoms with Crippen LogP contribution in [-0.4, -0.2) is 5.11 Å². The molecule has 90 valence electrons. The highest BCUT2D eigenvalue weighted by atomic mass is 19.1. The second kappa shape index (κ2) is 5.01. The van der Waals surface area contributed by atoms with E-state index in [-0.39, 0.29) is 11.8 Å². The van der Waals surface area contributed by atoms with Gasteiger partial charge >= 0.3 is 0 Å². The predicted molar refractivity (Wildman–Crippen MR) is 62.0 cm³/mol. The van der Waals surface area contributed by atoms with Crippen molar-refractivity contribution in [3.63, 3.8) is 0 Å². The van der Waals surface area contributed by atoms with Crippen molar-refractivity contribution in [3.8, 4) is 5.75 Å². The molecule has 0 saturated carbocycles. The minimum Gasteiger partial charge on any atom is -0.505 e. The van der Waals surface area contributed by atoms with Crippen LogP contribution < -0.4 is 5.32 Å². The van der Waals surface area contributed by atoms with Gasteiger partial charge in [-0.3, -0.25) is 0 Å². The van der Waals surface area contributed by atoms with Gasteiger partial charge < -0.3 is 14.8 Å². The average Bonchev–Trinajstić information content (AvgIpc) is 2.84. The van der Waals surface area contributed by atoms with Crippen molar-refractivity contribution in [3.05, 3.63) is 53.7 Å². The Morgan fingerprint density at radius 1 is 1.35 bits per heavy atom. The zero-order valence-corrected chi connectivity index (χ0v) is 9.48. The van der Waals surface area contributed by atoms with E-state index in [0.29, 0.717) is 12.1 Å². The van der Waals surface area contributed by atoms with Crippen LogP contribution in [0.2, 0.25) is 0 Å². The first-order chi connectivity index (χ1) is 8.18. The summed E-state index contributed by atoms with van der Waals surface area (Å²) in [6.07, 6.45) is 1.60. The minimum atomic E-state index is -0.602. The Balaban J connectivity index is 2.00. The first-order valence-electron chi connectivity index (χ1n) is 5.41. The average molecular weight is 235 g/mol. The molecule has 2 aromatic rings. The molecule has 0 bridgehead atoms. The number of phenols is 1. The molecule has 17 heavy (non-hydrogen) atoms. The van der Waals surface area contributed by atoms with Gasteiger partial charge in [0.05, 0.1) is 12.3 Å². The fourth-order valence-corrected chi connectivity index (χ4v) is 1.60. The molecule has 0 spiro atoms. The maximum absolute atomic E-state index is 13.1. The molecule has 2 N–H and O–H groups in total. The van der Waals surface area contributed by atoms with Crippen LogP contribution in [0, 0.1) is 5.82 Å². The topological polar surface area (TPSA) is 45.4 Å². The van der Waals surface area contributed by atoms with E-state index in [1.54, 1.807) is 18.4 Å². The summed E-state index contributed by atoms with van der Waals surface area (Å²) in [5.41, 5.74) is 0.531. The van der Waals surface area contributed by atoms with Gasteiger partial charge in [0.15, 0.2) is 11.6 Å². The van der Waals surface area contributed by atoms with E-state index in [1.165, 1.54) is 6.07 Å². The van der Waals surface area contributed by atoms with Gasteiger partial charge in [0.2, 0.25) is 0 Å². The molecule has 1 heterocycles. The molecule has 2 rings (SSSR count). The third-order valence-corrected chi connectivity index (χ3v) is 2.64. The second-order valence-electron chi connectivity index (χ2n) is 3.87. The van der Waals surface area contributed by atoms with Gasteiger partial charge in [0.25, 0.3) is 0 Å². The van der Waals surface area contributed by atoms with Crippen LogP contribution in [0.3, 0.4) is 0 Å². The molecule has 0 aliphatic heterocycles. The van der Waals surface area contributed by atoms with Crippen molar-refractivity contribution in [2.75, 3.05) is 0 Å². The number of nitrogens with one attached hydrogen (secondary N) is 1. The number of halogens is 1. The first-order valence-corrected chi connectivity index (χ1v) is 5.41. The van der Waals surface area contributed by atoms with Crippen LogP contribution in [0.15, 0.2) is 41.0 Å². The van der Waals surface area contributed by atoms with Crippen LogP contribution in [0.5, 0.6) is 5.75 Å². The Labute approximate surface area is 98.9 Å². The Kier molecular flexibility index (Phi) is 3.44. The van der Waals surface area contributed by atoms with Gasteiger partial charge in [-0.2, -0.15) is 0 Å². The first kappa shape index (κ1) is 11.7. The van der Waals surface area contributed by atoms with E-state index in [0.717, 1.165) is 5.76 Å². The smallest absolute Gasteiger partial charge is 0.165 e. The summed E-state index contributed by atoms with van der Waals surface area (Å²) in [5.74, 6) is -0.0949. The molecule has 3 nitrogen and oxygen atoms in total. The van der Waals surface area contributed by atoms with Crippen molar-refractivity contribution in [2.24, 2.45) is 0 Å². The van der Waals surface area contributed by atoms with Gasteiger partial charge in [0.1, 0.15) is 5.76 Å². The number of hydrogen-bond donors (Lipinski definition) is 2. The normalized spacial score (nSPS) is 12.6. The van der Waals surface area contributed by atoms with Gasteiger partial charge in [0, 0.05) is 12.1 Å². The van der Waals surface area contributed by atoms with Gasteiger partial charge in [-0.05, 0) is 25.1 Å². The summed E-state index contributed by atoms with van der Waals surface area (Å²) in [6.45, 7) is 2.32. The van der Waals surface area contributed by atoms with E-state index in [2.05, 4.69) is 5.32 Å². The Morgan fingerprint density at radius 2 is 2.18 bits per heavy atom. The number of phenolic OH excluding ortho intramolecular Hbond substituents is 1. The zero-order chi connectivity index (χ0) is 12.3. The largest absolute Gasteiger partial charge is 0.505 e. The highest BCUT2D eigenvalue weighted by molar-refractivity contribution is 5.33. The lowest BCUT2D eigenvalue weighted by atomic mass is 10.1. The molecular weight excluding hydrogens is 221 g/mol. The summed E-state index contributed by atoms with van der Waals surface area (Å²) in [7, 11) is 0. The van der Waals surface area contributed by atoms with Crippen molar-refractivity contribution < 1.29 is 13.9 Å². The van der Waals surface area contributed by atoms with Gasteiger partial charge in [-0.1, -0.05) is 12.1 Å². The quantitative estimate of drug-likeness (QED) is 0.856. The number of benzene rings is 1. The molecule has 0 amide bonds. The Morgan fingerprint density at radius 3 is 2.88 bits per heavy atom. The summed E-state index contributed by atoms with van der Waals surface area (Å²) in [4.78, 5) is 0. The predicted octanol–water partition coefficient (Wildman–Crippen LogP) is 2.98. The fourth-order valence-electron chi connectivity index (χ4n) is 1.60. The van der Waals surface area contributed by atoms with Crippen molar-refractivity contribution >= 4 is 0 Å². The van der Waals surface area contributed by atoms with Gasteiger partial charge in [-0.25, -0.2) is 4.39 Å². The third-order valence-electron chi connectivity index (χ3n) is 2.64. The molecule has 4 heteroatoms. The number of aromatic hydroxyl groups is 1. The van der Waals surface area contributed by atoms with Crippen molar-refractivity contribution in [1.29, 1.82) is 0 Å². The molecule has 1 atom stereocenters. The minimum absolute atomic E-state index is 0.00710. The fraction of sp³-hybridized carbons (Fsp3) is 0.231. The number of para-hydroxylation sites is 1. The molecular formula is C13H14FNO2. The zero-order valence-electron chi connectivity index (χ0n) is 9.48. The molecule has 1 aromatic heterocycles. The third kappa shape index (κ3) is 2.65.